The lowest BCUT2D eigenvalue weighted by atomic mass is 10.1. The van der Waals surface area contributed by atoms with Gasteiger partial charge < -0.3 is 10.2 Å². The highest BCUT2D eigenvalue weighted by Gasteiger charge is 2.35. The molecule has 0 spiro atoms. The second kappa shape index (κ2) is 7.47. The van der Waals surface area contributed by atoms with Crippen LogP contribution in [0.25, 0.3) is 0 Å². The van der Waals surface area contributed by atoms with Crippen LogP contribution < -0.4 is 10.2 Å². The summed E-state index contributed by atoms with van der Waals surface area (Å²) in [6, 6.07) is 12.7. The molecular formula is C20H19FN2O3. The normalized spacial score (nSPS) is 16.6. The molecule has 1 fully saturated rings. The molecule has 0 saturated carbocycles. The summed E-state index contributed by atoms with van der Waals surface area (Å²) in [5.41, 5.74) is 1.94. The van der Waals surface area contributed by atoms with E-state index in [0.717, 1.165) is 5.56 Å². The number of nitrogens with zero attached hydrogens (tertiary/aromatic N) is 1. The number of carbonyl (C=O) groups is 3. The van der Waals surface area contributed by atoms with Gasteiger partial charge in [0, 0.05) is 30.8 Å². The van der Waals surface area contributed by atoms with Crippen LogP contribution >= 0.6 is 0 Å². The Hall–Kier alpha value is -3.02. The molecule has 1 heterocycles. The minimum Gasteiger partial charge on any atom is -0.352 e. The molecule has 0 aliphatic carbocycles. The van der Waals surface area contributed by atoms with Crippen LogP contribution in [0, 0.1) is 11.7 Å². The number of carbonyl (C=O) groups excluding carboxylic acids is 3. The van der Waals surface area contributed by atoms with E-state index in [0.29, 0.717) is 11.3 Å². The third-order valence-electron chi connectivity index (χ3n) is 4.44. The van der Waals surface area contributed by atoms with Gasteiger partial charge in [0.05, 0.1) is 5.92 Å². The van der Waals surface area contributed by atoms with Crippen LogP contribution in [0.2, 0.25) is 0 Å². The molecule has 0 radical (unpaired) electrons. The van der Waals surface area contributed by atoms with Crippen LogP contribution in [0.5, 0.6) is 0 Å². The number of benzene rings is 2. The summed E-state index contributed by atoms with van der Waals surface area (Å²) in [5.74, 6) is -1.22. The molecule has 1 atom stereocenters. The number of nitrogens with one attached hydrogen (secondary N) is 1. The second-order valence-corrected chi connectivity index (χ2v) is 6.36. The van der Waals surface area contributed by atoms with E-state index in [9.17, 15) is 18.8 Å². The van der Waals surface area contributed by atoms with Gasteiger partial charge in [0.15, 0.2) is 5.78 Å². The van der Waals surface area contributed by atoms with Gasteiger partial charge in [-0.05, 0) is 36.8 Å². The van der Waals surface area contributed by atoms with Crippen LogP contribution in [0.1, 0.15) is 29.3 Å². The highest BCUT2D eigenvalue weighted by atomic mass is 19.1. The van der Waals surface area contributed by atoms with Crippen molar-refractivity contribution < 1.29 is 18.8 Å². The molecule has 1 saturated heterocycles. The van der Waals surface area contributed by atoms with E-state index >= 15 is 0 Å². The van der Waals surface area contributed by atoms with E-state index < -0.39 is 5.92 Å². The first kappa shape index (κ1) is 17.8. The van der Waals surface area contributed by atoms with Crippen molar-refractivity contribution in [3.8, 4) is 0 Å². The van der Waals surface area contributed by atoms with E-state index in [1.165, 1.54) is 24.0 Å². The lowest BCUT2D eigenvalue weighted by Gasteiger charge is -2.17. The summed E-state index contributed by atoms with van der Waals surface area (Å²) in [7, 11) is 0. The fourth-order valence-electron chi connectivity index (χ4n) is 2.96. The molecule has 2 aromatic rings. The number of Topliss-reactive ketones (excluding diaryl/α,β-unsaturated/α-hetero) is 1. The predicted molar refractivity (Wildman–Crippen MR) is 95.2 cm³/mol. The fraction of sp³-hybridized carbons (Fsp3) is 0.250. The number of amides is 2. The first-order valence-corrected chi connectivity index (χ1v) is 8.37. The number of halogens is 1. The summed E-state index contributed by atoms with van der Waals surface area (Å²) in [5, 5.41) is 2.79. The van der Waals surface area contributed by atoms with Crippen molar-refractivity contribution in [2.45, 2.75) is 19.9 Å². The summed E-state index contributed by atoms with van der Waals surface area (Å²) in [6.07, 6.45) is 0.125. The smallest absolute Gasteiger partial charge is 0.227 e. The monoisotopic (exact) mass is 354 g/mol. The SMILES string of the molecule is CC(=O)c1cccc(N2CC(C(=O)NCc3ccc(F)cc3)CC2=O)c1. The molecule has 3 rings (SSSR count). The third-order valence-corrected chi connectivity index (χ3v) is 4.44. The zero-order valence-electron chi connectivity index (χ0n) is 14.4. The Labute approximate surface area is 150 Å². The quantitative estimate of drug-likeness (QED) is 0.840. The molecule has 1 N–H and O–H groups in total. The maximum absolute atomic E-state index is 12.9. The Morgan fingerprint density at radius 3 is 2.62 bits per heavy atom. The van der Waals surface area contributed by atoms with Gasteiger partial charge in [0.2, 0.25) is 11.8 Å². The van der Waals surface area contributed by atoms with Gasteiger partial charge in [-0.15, -0.1) is 0 Å². The van der Waals surface area contributed by atoms with E-state index in [1.54, 1.807) is 36.4 Å². The van der Waals surface area contributed by atoms with Crippen molar-refractivity contribution in [2.75, 3.05) is 11.4 Å². The number of rotatable bonds is 5. The average molecular weight is 354 g/mol. The van der Waals surface area contributed by atoms with Crippen molar-refractivity contribution in [3.63, 3.8) is 0 Å². The molecule has 1 aliphatic heterocycles. The number of hydrogen-bond acceptors (Lipinski definition) is 3. The topological polar surface area (TPSA) is 66.5 Å². The van der Waals surface area contributed by atoms with Crippen molar-refractivity contribution >= 4 is 23.3 Å². The van der Waals surface area contributed by atoms with Crippen molar-refractivity contribution in [1.29, 1.82) is 0 Å². The summed E-state index contributed by atoms with van der Waals surface area (Å²) >= 11 is 0. The minimum atomic E-state index is -0.455. The molecule has 5 nitrogen and oxygen atoms in total. The van der Waals surface area contributed by atoms with Crippen molar-refractivity contribution in [3.05, 3.63) is 65.5 Å². The summed E-state index contributed by atoms with van der Waals surface area (Å²) < 4.78 is 12.9. The highest BCUT2D eigenvalue weighted by Crippen LogP contribution is 2.26. The molecule has 1 unspecified atom stereocenters. The van der Waals surface area contributed by atoms with E-state index in [4.69, 9.17) is 0 Å². The molecule has 6 heteroatoms. The van der Waals surface area contributed by atoms with Gasteiger partial charge in [0.25, 0.3) is 0 Å². The van der Waals surface area contributed by atoms with Crippen LogP contribution in [0.15, 0.2) is 48.5 Å². The third kappa shape index (κ3) is 3.96. The molecule has 26 heavy (non-hydrogen) atoms. The Morgan fingerprint density at radius 2 is 1.92 bits per heavy atom. The Balaban J connectivity index is 1.63. The van der Waals surface area contributed by atoms with E-state index in [-0.39, 0.29) is 42.9 Å². The lowest BCUT2D eigenvalue weighted by molar-refractivity contribution is -0.126. The van der Waals surface area contributed by atoms with Gasteiger partial charge in [0.1, 0.15) is 5.82 Å². The zero-order valence-corrected chi connectivity index (χ0v) is 14.4. The molecule has 2 amide bonds. The van der Waals surface area contributed by atoms with Crippen molar-refractivity contribution in [1.82, 2.24) is 5.32 Å². The minimum absolute atomic E-state index is 0.0768. The maximum Gasteiger partial charge on any atom is 0.227 e. The second-order valence-electron chi connectivity index (χ2n) is 6.36. The van der Waals surface area contributed by atoms with Gasteiger partial charge >= 0.3 is 0 Å². The lowest BCUT2D eigenvalue weighted by Crippen LogP contribution is -2.32. The zero-order chi connectivity index (χ0) is 18.7. The van der Waals surface area contributed by atoms with Gasteiger partial charge in [-0.2, -0.15) is 0 Å². The first-order valence-electron chi connectivity index (χ1n) is 8.37. The highest BCUT2D eigenvalue weighted by molar-refractivity contribution is 6.02. The summed E-state index contributed by atoms with van der Waals surface area (Å²) in [6.45, 7) is 2.02. The Bertz CT molecular complexity index is 848. The van der Waals surface area contributed by atoms with E-state index in [2.05, 4.69) is 5.32 Å². The van der Waals surface area contributed by atoms with Crippen LogP contribution in [-0.2, 0) is 16.1 Å². The van der Waals surface area contributed by atoms with Crippen LogP contribution in [0.4, 0.5) is 10.1 Å². The molecule has 2 aromatic carbocycles. The van der Waals surface area contributed by atoms with Crippen molar-refractivity contribution in [2.24, 2.45) is 5.92 Å². The fourth-order valence-corrected chi connectivity index (χ4v) is 2.96. The number of ketones is 1. The molecule has 134 valence electrons. The van der Waals surface area contributed by atoms with Gasteiger partial charge in [-0.25, -0.2) is 4.39 Å². The predicted octanol–water partition coefficient (Wildman–Crippen LogP) is 2.70. The molecule has 1 aliphatic rings. The Kier molecular flexibility index (Phi) is 5.11. The van der Waals surface area contributed by atoms with Crippen LogP contribution in [0.3, 0.4) is 0 Å². The van der Waals surface area contributed by atoms with Gasteiger partial charge in [-0.3, -0.25) is 14.4 Å². The largest absolute Gasteiger partial charge is 0.352 e. The van der Waals surface area contributed by atoms with Gasteiger partial charge in [-0.1, -0.05) is 24.3 Å². The van der Waals surface area contributed by atoms with Crippen LogP contribution in [-0.4, -0.2) is 24.1 Å². The molecular weight excluding hydrogens is 335 g/mol. The molecule has 0 aromatic heterocycles. The van der Waals surface area contributed by atoms with E-state index in [1.807, 2.05) is 0 Å². The maximum atomic E-state index is 12.9. The molecule has 0 bridgehead atoms. The number of hydrogen-bond donors (Lipinski definition) is 1. The standard InChI is InChI=1S/C20H19FN2O3/c1-13(24)15-3-2-4-18(9-15)23-12-16(10-19(23)25)20(26)22-11-14-5-7-17(21)8-6-14/h2-9,16H,10-12H2,1H3,(H,22,26). The number of anilines is 1. The average Bonchev–Trinajstić information content (AvgIpc) is 3.03. The first-order chi connectivity index (χ1) is 12.4. The summed E-state index contributed by atoms with van der Waals surface area (Å²) in [4.78, 5) is 37.7. The Morgan fingerprint density at radius 1 is 1.19 bits per heavy atom.